The van der Waals surface area contributed by atoms with E-state index in [2.05, 4.69) is 25.5 Å². The van der Waals surface area contributed by atoms with Crippen molar-refractivity contribution in [2.45, 2.75) is 18.9 Å². The van der Waals surface area contributed by atoms with Gasteiger partial charge in [-0.05, 0) is 31.5 Å². The topological polar surface area (TPSA) is 66.5 Å². The smallest absolute Gasteiger partial charge is 0.181 e. The summed E-state index contributed by atoms with van der Waals surface area (Å²) in [6.07, 6.45) is 5.83. The van der Waals surface area contributed by atoms with Crippen molar-refractivity contribution in [1.29, 1.82) is 0 Å². The van der Waals surface area contributed by atoms with Gasteiger partial charge in [0.1, 0.15) is 5.82 Å². The lowest BCUT2D eigenvalue weighted by atomic mass is 10.2. The largest absolute Gasteiger partial charge is 0.307 e. The van der Waals surface area contributed by atoms with Crippen molar-refractivity contribution in [3.8, 4) is 11.4 Å². The number of rotatable bonds is 2. The van der Waals surface area contributed by atoms with E-state index in [1.54, 1.807) is 12.4 Å². The Hall–Kier alpha value is -1.75. The first-order valence-electron chi connectivity index (χ1n) is 5.49. The zero-order valence-corrected chi connectivity index (χ0v) is 8.85. The van der Waals surface area contributed by atoms with Crippen LogP contribution >= 0.6 is 0 Å². The van der Waals surface area contributed by atoms with Crippen LogP contribution in [0.15, 0.2) is 24.5 Å². The molecule has 5 nitrogen and oxygen atoms in total. The normalized spacial score (nSPS) is 20.1. The Morgan fingerprint density at radius 3 is 2.88 bits per heavy atom. The SMILES string of the molecule is c1cc(-c2n[nH]c(C3CCCN3)n2)ccn1. The Balaban J connectivity index is 1.87. The summed E-state index contributed by atoms with van der Waals surface area (Å²) < 4.78 is 0. The fourth-order valence-electron chi connectivity index (χ4n) is 1.98. The molecule has 2 aromatic heterocycles. The molecule has 0 amide bonds. The van der Waals surface area contributed by atoms with E-state index in [0.29, 0.717) is 6.04 Å². The maximum Gasteiger partial charge on any atom is 0.181 e. The third-order valence-corrected chi connectivity index (χ3v) is 2.83. The number of hydrogen-bond donors (Lipinski definition) is 2. The number of nitrogens with one attached hydrogen (secondary N) is 2. The van der Waals surface area contributed by atoms with Gasteiger partial charge in [-0.2, -0.15) is 5.10 Å². The Labute approximate surface area is 93.3 Å². The van der Waals surface area contributed by atoms with Crippen LogP contribution in [-0.2, 0) is 0 Å². The fourth-order valence-corrected chi connectivity index (χ4v) is 1.98. The molecule has 2 aromatic rings. The van der Waals surface area contributed by atoms with E-state index in [4.69, 9.17) is 0 Å². The minimum Gasteiger partial charge on any atom is -0.307 e. The van der Waals surface area contributed by atoms with Crippen LogP contribution in [0.25, 0.3) is 11.4 Å². The second-order valence-corrected chi connectivity index (χ2v) is 3.93. The maximum atomic E-state index is 4.51. The molecule has 1 aliphatic heterocycles. The highest BCUT2D eigenvalue weighted by molar-refractivity contribution is 5.52. The number of pyridine rings is 1. The quantitative estimate of drug-likeness (QED) is 0.792. The van der Waals surface area contributed by atoms with Gasteiger partial charge in [0.25, 0.3) is 0 Å². The van der Waals surface area contributed by atoms with Gasteiger partial charge in [0.15, 0.2) is 5.82 Å². The number of aromatic nitrogens is 4. The number of nitrogens with zero attached hydrogens (tertiary/aromatic N) is 3. The van der Waals surface area contributed by atoms with Crippen molar-refractivity contribution in [3.63, 3.8) is 0 Å². The van der Waals surface area contributed by atoms with Gasteiger partial charge in [0.2, 0.25) is 0 Å². The highest BCUT2D eigenvalue weighted by Gasteiger charge is 2.19. The Morgan fingerprint density at radius 1 is 1.25 bits per heavy atom. The van der Waals surface area contributed by atoms with Gasteiger partial charge in [-0.25, -0.2) is 4.98 Å². The first-order chi connectivity index (χ1) is 7.93. The highest BCUT2D eigenvalue weighted by Crippen LogP contribution is 2.21. The van der Waals surface area contributed by atoms with E-state index < -0.39 is 0 Å². The number of hydrogen-bond acceptors (Lipinski definition) is 4. The summed E-state index contributed by atoms with van der Waals surface area (Å²) in [6, 6.07) is 4.16. The molecule has 0 saturated carbocycles. The zero-order valence-electron chi connectivity index (χ0n) is 8.85. The molecule has 82 valence electrons. The molecule has 1 unspecified atom stereocenters. The summed E-state index contributed by atoms with van der Waals surface area (Å²) >= 11 is 0. The molecule has 1 saturated heterocycles. The van der Waals surface area contributed by atoms with Crippen LogP contribution in [0, 0.1) is 0 Å². The summed E-state index contributed by atoms with van der Waals surface area (Å²) in [5.74, 6) is 1.68. The van der Waals surface area contributed by atoms with Gasteiger partial charge < -0.3 is 5.32 Å². The lowest BCUT2D eigenvalue weighted by Crippen LogP contribution is -2.14. The van der Waals surface area contributed by atoms with Crippen LogP contribution in [0.4, 0.5) is 0 Å². The van der Waals surface area contributed by atoms with E-state index in [9.17, 15) is 0 Å². The molecule has 0 bridgehead atoms. The molecule has 16 heavy (non-hydrogen) atoms. The van der Waals surface area contributed by atoms with E-state index in [1.807, 2.05) is 12.1 Å². The van der Waals surface area contributed by atoms with Crippen LogP contribution < -0.4 is 5.32 Å². The van der Waals surface area contributed by atoms with Crippen molar-refractivity contribution >= 4 is 0 Å². The molecule has 3 rings (SSSR count). The van der Waals surface area contributed by atoms with Gasteiger partial charge in [0, 0.05) is 18.0 Å². The van der Waals surface area contributed by atoms with E-state index in [0.717, 1.165) is 30.2 Å². The molecule has 3 heterocycles. The average Bonchev–Trinajstić information content (AvgIpc) is 3.01. The van der Waals surface area contributed by atoms with Crippen molar-refractivity contribution in [3.05, 3.63) is 30.4 Å². The molecular formula is C11H13N5. The molecule has 5 heteroatoms. The lowest BCUT2D eigenvalue weighted by Gasteiger charge is -2.03. The molecule has 1 atom stereocenters. The highest BCUT2D eigenvalue weighted by atomic mass is 15.2. The van der Waals surface area contributed by atoms with Crippen LogP contribution in [0.3, 0.4) is 0 Å². The first-order valence-corrected chi connectivity index (χ1v) is 5.49. The van der Waals surface area contributed by atoms with Gasteiger partial charge in [-0.3, -0.25) is 10.1 Å². The fraction of sp³-hybridized carbons (Fsp3) is 0.364. The standard InChI is InChI=1S/C11H13N5/c1-2-9(13-5-1)11-14-10(15-16-11)8-3-6-12-7-4-8/h3-4,6-7,9,13H,1-2,5H2,(H,14,15,16). The summed E-state index contributed by atoms with van der Waals surface area (Å²) in [5.41, 5.74) is 0.996. The van der Waals surface area contributed by atoms with Gasteiger partial charge >= 0.3 is 0 Å². The summed E-state index contributed by atoms with van der Waals surface area (Å²) in [5, 5.41) is 10.6. The summed E-state index contributed by atoms with van der Waals surface area (Å²) in [7, 11) is 0. The van der Waals surface area contributed by atoms with Crippen molar-refractivity contribution in [2.24, 2.45) is 0 Å². The molecule has 0 aliphatic carbocycles. The third-order valence-electron chi connectivity index (χ3n) is 2.83. The second kappa shape index (κ2) is 4.02. The minimum absolute atomic E-state index is 0.336. The maximum absolute atomic E-state index is 4.51. The minimum atomic E-state index is 0.336. The summed E-state index contributed by atoms with van der Waals surface area (Å²) in [6.45, 7) is 1.07. The summed E-state index contributed by atoms with van der Waals surface area (Å²) in [4.78, 5) is 8.48. The predicted molar refractivity (Wildman–Crippen MR) is 59.6 cm³/mol. The van der Waals surface area contributed by atoms with E-state index in [-0.39, 0.29) is 0 Å². The molecule has 0 aromatic carbocycles. The molecule has 0 radical (unpaired) electrons. The first kappa shape index (κ1) is 9.47. The van der Waals surface area contributed by atoms with Crippen LogP contribution in [0.1, 0.15) is 24.7 Å². The molecule has 0 spiro atoms. The van der Waals surface area contributed by atoms with Crippen LogP contribution in [-0.4, -0.2) is 26.7 Å². The predicted octanol–water partition coefficient (Wildman–Crippen LogP) is 1.29. The zero-order chi connectivity index (χ0) is 10.8. The number of aromatic amines is 1. The molecular weight excluding hydrogens is 202 g/mol. The Kier molecular flexibility index (Phi) is 2.38. The molecule has 1 fully saturated rings. The van der Waals surface area contributed by atoms with Gasteiger partial charge in [0.05, 0.1) is 6.04 Å². The monoisotopic (exact) mass is 215 g/mol. The number of H-pyrrole nitrogens is 1. The van der Waals surface area contributed by atoms with E-state index in [1.165, 1.54) is 6.42 Å². The lowest BCUT2D eigenvalue weighted by molar-refractivity contribution is 0.608. The van der Waals surface area contributed by atoms with Crippen LogP contribution in [0.2, 0.25) is 0 Å². The van der Waals surface area contributed by atoms with Crippen molar-refractivity contribution in [1.82, 2.24) is 25.5 Å². The van der Waals surface area contributed by atoms with Crippen molar-refractivity contribution in [2.75, 3.05) is 6.54 Å². The molecule has 1 aliphatic rings. The third kappa shape index (κ3) is 1.69. The van der Waals surface area contributed by atoms with Gasteiger partial charge in [-0.15, -0.1) is 0 Å². The Bertz CT molecular complexity index is 458. The molecule has 2 N–H and O–H groups in total. The van der Waals surface area contributed by atoms with Gasteiger partial charge in [-0.1, -0.05) is 0 Å². The van der Waals surface area contributed by atoms with Crippen LogP contribution in [0.5, 0.6) is 0 Å². The van der Waals surface area contributed by atoms with E-state index >= 15 is 0 Å². The average molecular weight is 215 g/mol. The Morgan fingerprint density at radius 2 is 2.12 bits per heavy atom. The second-order valence-electron chi connectivity index (χ2n) is 3.93. The van der Waals surface area contributed by atoms with Crippen molar-refractivity contribution < 1.29 is 0 Å².